The van der Waals surface area contributed by atoms with Crippen molar-refractivity contribution < 1.29 is 9.53 Å². The molecule has 7 heteroatoms. The monoisotopic (exact) mass is 431 g/mol. The number of carbonyl (C=O) groups excluding carboxylic acids is 1. The Bertz CT molecular complexity index is 1120. The molecule has 2 aliphatic carbocycles. The summed E-state index contributed by atoms with van der Waals surface area (Å²) in [6.07, 6.45) is 13.2. The van der Waals surface area contributed by atoms with Crippen molar-refractivity contribution in [1.29, 1.82) is 0 Å². The lowest BCUT2D eigenvalue weighted by atomic mass is 10.0. The summed E-state index contributed by atoms with van der Waals surface area (Å²) in [5.41, 5.74) is 5.65. The van der Waals surface area contributed by atoms with Crippen LogP contribution in [-0.4, -0.2) is 46.0 Å². The number of benzene rings is 1. The van der Waals surface area contributed by atoms with E-state index in [4.69, 9.17) is 4.74 Å². The Hall–Kier alpha value is -3.19. The van der Waals surface area contributed by atoms with E-state index >= 15 is 0 Å². The minimum atomic E-state index is -0.00765. The number of nitrogens with one attached hydrogen (secondary N) is 2. The summed E-state index contributed by atoms with van der Waals surface area (Å²) in [7, 11) is 1.78. The molecule has 3 aromatic rings. The van der Waals surface area contributed by atoms with Crippen molar-refractivity contribution in [2.24, 2.45) is 0 Å². The van der Waals surface area contributed by atoms with Crippen LogP contribution in [0.3, 0.4) is 0 Å². The van der Waals surface area contributed by atoms with Crippen LogP contribution in [0.1, 0.15) is 48.0 Å². The number of aromatic nitrogens is 3. The zero-order valence-electron chi connectivity index (χ0n) is 18.5. The van der Waals surface area contributed by atoms with Gasteiger partial charge in [0.1, 0.15) is 0 Å². The summed E-state index contributed by atoms with van der Waals surface area (Å²) in [6, 6.07) is 8.64. The van der Waals surface area contributed by atoms with Crippen molar-refractivity contribution in [3.05, 3.63) is 60.2 Å². The van der Waals surface area contributed by atoms with Crippen LogP contribution < -0.4 is 10.6 Å². The number of nitrogens with zero attached hydrogens (tertiary/aromatic N) is 3. The largest absolute Gasteiger partial charge is 0.381 e. The average Bonchev–Trinajstić information content (AvgIpc) is 3.29. The maximum Gasteiger partial charge on any atom is 0.251 e. The number of hydrogen-bond acceptors (Lipinski definition) is 5. The molecule has 2 aliphatic rings. The molecule has 1 aromatic carbocycles. The molecule has 0 bridgehead atoms. The van der Waals surface area contributed by atoms with Crippen LogP contribution in [0.5, 0.6) is 0 Å². The Morgan fingerprint density at radius 1 is 1.09 bits per heavy atom. The fourth-order valence-corrected chi connectivity index (χ4v) is 4.33. The molecule has 2 atom stereocenters. The highest BCUT2D eigenvalue weighted by Crippen LogP contribution is 2.28. The Balaban J connectivity index is 1.34. The maximum atomic E-state index is 12.5. The fourth-order valence-electron chi connectivity index (χ4n) is 4.33. The van der Waals surface area contributed by atoms with Gasteiger partial charge in [0.05, 0.1) is 36.1 Å². The summed E-state index contributed by atoms with van der Waals surface area (Å²) in [4.78, 5) is 16.9. The zero-order valence-corrected chi connectivity index (χ0v) is 18.5. The van der Waals surface area contributed by atoms with E-state index in [2.05, 4.69) is 33.7 Å². The van der Waals surface area contributed by atoms with E-state index in [0.717, 1.165) is 60.2 Å². The molecule has 1 amide bonds. The first-order valence-electron chi connectivity index (χ1n) is 11.3. The Morgan fingerprint density at radius 3 is 2.72 bits per heavy atom. The Kier molecular flexibility index (Phi) is 5.66. The number of methoxy groups -OCH3 is 1. The smallest absolute Gasteiger partial charge is 0.251 e. The maximum absolute atomic E-state index is 12.5. The average molecular weight is 432 g/mol. The molecular weight excluding hydrogens is 402 g/mol. The van der Waals surface area contributed by atoms with Gasteiger partial charge in [0.25, 0.3) is 5.91 Å². The highest BCUT2D eigenvalue weighted by atomic mass is 16.5. The van der Waals surface area contributed by atoms with Gasteiger partial charge < -0.3 is 15.4 Å². The molecule has 0 radical (unpaired) electrons. The normalized spacial score (nSPS) is 20.3. The number of hydrogen-bond donors (Lipinski definition) is 2. The lowest BCUT2D eigenvalue weighted by molar-refractivity contribution is 0.0951. The standard InChI is InChI=1S/C25H29N5O2/c1-16-3-4-17(25(31)29-19-5-6-19)9-24(16)18-12-27-30(15-18)22-10-21(13-26-14-22)28-20-7-8-23(11-20)32-2/h3-4,9-10,12-15,19-20,23,28H,5-8,11H2,1-2H3,(H,29,31). The first kappa shape index (κ1) is 20.7. The first-order valence-corrected chi connectivity index (χ1v) is 11.3. The summed E-state index contributed by atoms with van der Waals surface area (Å²) in [5, 5.41) is 11.2. The summed E-state index contributed by atoms with van der Waals surface area (Å²) in [5.74, 6) is -0.00765. The molecule has 0 saturated heterocycles. The highest BCUT2D eigenvalue weighted by Gasteiger charge is 2.25. The van der Waals surface area contributed by atoms with Gasteiger partial charge in [-0.2, -0.15) is 5.10 Å². The number of ether oxygens (including phenoxy) is 1. The lowest BCUT2D eigenvalue weighted by Crippen LogP contribution is -2.25. The van der Waals surface area contributed by atoms with Crippen molar-refractivity contribution in [1.82, 2.24) is 20.1 Å². The van der Waals surface area contributed by atoms with Gasteiger partial charge in [0.15, 0.2) is 0 Å². The van der Waals surface area contributed by atoms with E-state index in [9.17, 15) is 4.79 Å². The molecule has 0 aliphatic heterocycles. The van der Waals surface area contributed by atoms with E-state index < -0.39 is 0 Å². The third-order valence-electron chi connectivity index (χ3n) is 6.38. The van der Waals surface area contributed by atoms with Gasteiger partial charge in [-0.3, -0.25) is 9.78 Å². The van der Waals surface area contributed by atoms with Gasteiger partial charge in [-0.1, -0.05) is 6.07 Å². The SMILES string of the molecule is COC1CCC(Nc2cncc(-n3cc(-c4cc(C(=O)NC5CC5)ccc4C)cn3)c2)C1. The molecular formula is C25H29N5O2. The van der Waals surface area contributed by atoms with Crippen molar-refractivity contribution in [2.75, 3.05) is 12.4 Å². The fraction of sp³-hybridized carbons (Fsp3) is 0.400. The number of amides is 1. The Labute approximate surface area is 188 Å². The molecule has 2 unspecified atom stereocenters. The second-order valence-corrected chi connectivity index (χ2v) is 8.89. The number of rotatable bonds is 7. The van der Waals surface area contributed by atoms with Gasteiger partial charge in [-0.25, -0.2) is 4.68 Å². The predicted octanol–water partition coefficient (Wildman–Crippen LogP) is 4.11. The van der Waals surface area contributed by atoms with Crippen LogP contribution in [0.2, 0.25) is 0 Å². The van der Waals surface area contributed by atoms with Gasteiger partial charge in [-0.05, 0) is 68.4 Å². The van der Waals surface area contributed by atoms with Gasteiger partial charge in [0.2, 0.25) is 0 Å². The first-order chi connectivity index (χ1) is 15.6. The molecule has 0 spiro atoms. The molecule has 2 saturated carbocycles. The van der Waals surface area contributed by atoms with Gasteiger partial charge >= 0.3 is 0 Å². The van der Waals surface area contributed by atoms with Gasteiger partial charge in [0, 0.05) is 36.5 Å². The van der Waals surface area contributed by atoms with Crippen LogP contribution in [0.4, 0.5) is 5.69 Å². The molecule has 166 valence electrons. The summed E-state index contributed by atoms with van der Waals surface area (Å²) >= 11 is 0. The number of pyridine rings is 1. The van der Waals surface area contributed by atoms with Crippen LogP contribution >= 0.6 is 0 Å². The zero-order chi connectivity index (χ0) is 22.1. The third kappa shape index (κ3) is 4.53. The van der Waals surface area contributed by atoms with Crippen LogP contribution in [0, 0.1) is 6.92 Å². The third-order valence-corrected chi connectivity index (χ3v) is 6.38. The van der Waals surface area contributed by atoms with Crippen LogP contribution in [0.25, 0.3) is 16.8 Å². The van der Waals surface area contributed by atoms with E-state index in [1.165, 1.54) is 0 Å². The van der Waals surface area contributed by atoms with Crippen molar-refractivity contribution >= 4 is 11.6 Å². The highest BCUT2D eigenvalue weighted by molar-refractivity contribution is 5.96. The number of anilines is 1. The quantitative estimate of drug-likeness (QED) is 0.588. The van der Waals surface area contributed by atoms with Crippen LogP contribution in [-0.2, 0) is 4.74 Å². The molecule has 32 heavy (non-hydrogen) atoms. The van der Waals surface area contributed by atoms with Crippen LogP contribution in [0.15, 0.2) is 49.1 Å². The molecule has 2 aromatic heterocycles. The van der Waals surface area contributed by atoms with Gasteiger partial charge in [-0.15, -0.1) is 0 Å². The topological polar surface area (TPSA) is 81.1 Å². The number of aryl methyl sites for hydroxylation is 1. The molecule has 7 nitrogen and oxygen atoms in total. The molecule has 2 heterocycles. The van der Waals surface area contributed by atoms with E-state index in [-0.39, 0.29) is 5.91 Å². The van der Waals surface area contributed by atoms with Crippen molar-refractivity contribution in [3.63, 3.8) is 0 Å². The van der Waals surface area contributed by atoms with E-state index in [1.807, 2.05) is 41.5 Å². The van der Waals surface area contributed by atoms with Crippen molar-refractivity contribution in [3.8, 4) is 16.8 Å². The summed E-state index contributed by atoms with van der Waals surface area (Å²) in [6.45, 7) is 2.05. The molecule has 2 N–H and O–H groups in total. The number of carbonyl (C=O) groups is 1. The minimum absolute atomic E-state index is 0.00765. The second kappa shape index (κ2) is 8.74. The summed E-state index contributed by atoms with van der Waals surface area (Å²) < 4.78 is 7.31. The van der Waals surface area contributed by atoms with Crippen molar-refractivity contribution in [2.45, 2.75) is 57.2 Å². The Morgan fingerprint density at radius 2 is 1.94 bits per heavy atom. The van der Waals surface area contributed by atoms with E-state index in [0.29, 0.717) is 23.8 Å². The predicted molar refractivity (Wildman–Crippen MR) is 124 cm³/mol. The molecule has 2 fully saturated rings. The second-order valence-electron chi connectivity index (χ2n) is 8.89. The lowest BCUT2D eigenvalue weighted by Gasteiger charge is -2.14. The molecule has 5 rings (SSSR count). The van der Waals surface area contributed by atoms with E-state index in [1.54, 1.807) is 13.3 Å². The minimum Gasteiger partial charge on any atom is -0.381 e.